The van der Waals surface area contributed by atoms with Crippen LogP contribution in [0.4, 0.5) is 11.4 Å². The monoisotopic (exact) mass is 304 g/mol. The molecular weight excluding hydrogens is 284 g/mol. The molecule has 0 saturated carbocycles. The normalized spacial score (nSPS) is 11.2. The Labute approximate surface area is 126 Å². The maximum atomic E-state index is 11.3. The Morgan fingerprint density at radius 3 is 2.43 bits per heavy atom. The third-order valence-electron chi connectivity index (χ3n) is 3.10. The van der Waals surface area contributed by atoms with Gasteiger partial charge in [-0.2, -0.15) is 0 Å². The Morgan fingerprint density at radius 1 is 1.05 bits per heavy atom. The first-order chi connectivity index (χ1) is 9.83. The number of sulfonamides is 1. The second-order valence-corrected chi connectivity index (χ2v) is 6.99. The van der Waals surface area contributed by atoms with Gasteiger partial charge in [0.05, 0.1) is 11.9 Å². The van der Waals surface area contributed by atoms with Crippen molar-refractivity contribution in [3.05, 3.63) is 59.2 Å². The minimum Gasteiger partial charge on any atom is -0.381 e. The number of nitrogens with one attached hydrogen (secondary N) is 2. The van der Waals surface area contributed by atoms with Crippen LogP contribution < -0.4 is 10.0 Å². The fourth-order valence-electron chi connectivity index (χ4n) is 2.11. The number of hydrogen-bond acceptors (Lipinski definition) is 3. The van der Waals surface area contributed by atoms with Gasteiger partial charge in [-0.15, -0.1) is 0 Å². The summed E-state index contributed by atoms with van der Waals surface area (Å²) in [6, 6.07) is 13.9. The van der Waals surface area contributed by atoms with Crippen molar-refractivity contribution in [3.8, 4) is 0 Å². The van der Waals surface area contributed by atoms with Crippen molar-refractivity contribution in [2.24, 2.45) is 0 Å². The second-order valence-electron chi connectivity index (χ2n) is 5.25. The summed E-state index contributed by atoms with van der Waals surface area (Å²) in [7, 11) is -3.24. The van der Waals surface area contributed by atoms with E-state index in [4.69, 9.17) is 0 Å². The fraction of sp³-hybridized carbons (Fsp3) is 0.250. The lowest BCUT2D eigenvalue weighted by atomic mass is 10.1. The van der Waals surface area contributed by atoms with Gasteiger partial charge in [-0.3, -0.25) is 4.72 Å². The van der Waals surface area contributed by atoms with Gasteiger partial charge in [0, 0.05) is 12.2 Å². The lowest BCUT2D eigenvalue weighted by Gasteiger charge is -2.11. The van der Waals surface area contributed by atoms with Crippen LogP contribution in [-0.2, 0) is 16.6 Å². The molecule has 0 heterocycles. The maximum Gasteiger partial charge on any atom is 0.229 e. The molecule has 0 aromatic heterocycles. The third kappa shape index (κ3) is 4.79. The van der Waals surface area contributed by atoms with Gasteiger partial charge in [0.25, 0.3) is 0 Å². The van der Waals surface area contributed by atoms with Gasteiger partial charge in [0.2, 0.25) is 10.0 Å². The Kier molecular flexibility index (Phi) is 4.53. The van der Waals surface area contributed by atoms with E-state index in [1.807, 2.05) is 25.1 Å². The van der Waals surface area contributed by atoms with Crippen molar-refractivity contribution < 1.29 is 8.42 Å². The molecule has 0 radical (unpaired) electrons. The van der Waals surface area contributed by atoms with Crippen LogP contribution in [0.5, 0.6) is 0 Å². The van der Waals surface area contributed by atoms with Crippen LogP contribution in [-0.4, -0.2) is 14.7 Å². The summed E-state index contributed by atoms with van der Waals surface area (Å²) in [4.78, 5) is 0. The van der Waals surface area contributed by atoms with Crippen molar-refractivity contribution in [2.75, 3.05) is 16.3 Å². The van der Waals surface area contributed by atoms with Crippen LogP contribution in [0.1, 0.15) is 16.7 Å². The standard InChI is InChI=1S/C16H20N2O2S/c1-12-5-4-6-14(9-12)11-17-15-7-8-16(13(2)10-15)18-21(3,19)20/h4-10,17-18H,11H2,1-3H3. The molecular formula is C16H20N2O2S. The first kappa shape index (κ1) is 15.4. The first-order valence-electron chi connectivity index (χ1n) is 6.71. The third-order valence-corrected chi connectivity index (χ3v) is 3.69. The zero-order valence-electron chi connectivity index (χ0n) is 12.5. The maximum absolute atomic E-state index is 11.3. The predicted octanol–water partition coefficient (Wildman–Crippen LogP) is 3.29. The van der Waals surface area contributed by atoms with Crippen molar-refractivity contribution >= 4 is 21.4 Å². The molecule has 5 heteroatoms. The quantitative estimate of drug-likeness (QED) is 0.891. The van der Waals surface area contributed by atoms with Crippen LogP contribution in [0.2, 0.25) is 0 Å². The average Bonchev–Trinajstić information content (AvgIpc) is 2.38. The summed E-state index contributed by atoms with van der Waals surface area (Å²) in [5.41, 5.74) is 4.91. The molecule has 2 N–H and O–H groups in total. The Hall–Kier alpha value is -2.01. The smallest absolute Gasteiger partial charge is 0.229 e. The first-order valence-corrected chi connectivity index (χ1v) is 8.60. The number of rotatable bonds is 5. The van der Waals surface area contributed by atoms with E-state index in [0.717, 1.165) is 24.1 Å². The Balaban J connectivity index is 2.07. The highest BCUT2D eigenvalue weighted by Crippen LogP contribution is 2.21. The Morgan fingerprint density at radius 2 is 1.81 bits per heavy atom. The number of hydrogen-bond donors (Lipinski definition) is 2. The summed E-state index contributed by atoms with van der Waals surface area (Å²) >= 11 is 0. The van der Waals surface area contributed by atoms with Gasteiger partial charge < -0.3 is 5.32 Å². The average molecular weight is 304 g/mol. The summed E-state index contributed by atoms with van der Waals surface area (Å²) in [6.45, 7) is 4.69. The highest BCUT2D eigenvalue weighted by Gasteiger charge is 2.05. The van der Waals surface area contributed by atoms with E-state index in [1.165, 1.54) is 11.1 Å². The van der Waals surface area contributed by atoms with E-state index >= 15 is 0 Å². The number of aryl methyl sites for hydroxylation is 2. The van der Waals surface area contributed by atoms with Crippen LogP contribution in [0, 0.1) is 13.8 Å². The largest absolute Gasteiger partial charge is 0.381 e. The lowest BCUT2D eigenvalue weighted by Crippen LogP contribution is -2.10. The molecule has 2 aromatic rings. The molecule has 0 aliphatic rings. The molecule has 2 aromatic carbocycles. The van der Waals surface area contributed by atoms with E-state index in [1.54, 1.807) is 6.07 Å². The van der Waals surface area contributed by atoms with Gasteiger partial charge in [-0.05, 0) is 43.2 Å². The molecule has 0 spiro atoms. The summed E-state index contributed by atoms with van der Waals surface area (Å²) < 4.78 is 25.0. The molecule has 112 valence electrons. The molecule has 0 aliphatic carbocycles. The molecule has 0 atom stereocenters. The molecule has 4 nitrogen and oxygen atoms in total. The molecule has 2 rings (SSSR count). The number of anilines is 2. The van der Waals surface area contributed by atoms with E-state index in [0.29, 0.717) is 5.69 Å². The van der Waals surface area contributed by atoms with Crippen molar-refractivity contribution in [2.45, 2.75) is 20.4 Å². The molecule has 21 heavy (non-hydrogen) atoms. The van der Waals surface area contributed by atoms with Crippen molar-refractivity contribution in [1.82, 2.24) is 0 Å². The number of benzene rings is 2. The van der Waals surface area contributed by atoms with E-state index in [-0.39, 0.29) is 0 Å². The molecule has 0 amide bonds. The molecule has 0 fully saturated rings. The van der Waals surface area contributed by atoms with Crippen molar-refractivity contribution in [1.29, 1.82) is 0 Å². The minimum atomic E-state index is -3.24. The molecule has 0 bridgehead atoms. The summed E-state index contributed by atoms with van der Waals surface area (Å²) in [5.74, 6) is 0. The molecule has 0 saturated heterocycles. The van der Waals surface area contributed by atoms with Gasteiger partial charge in [0.1, 0.15) is 0 Å². The van der Waals surface area contributed by atoms with E-state index in [9.17, 15) is 8.42 Å². The van der Waals surface area contributed by atoms with E-state index < -0.39 is 10.0 Å². The van der Waals surface area contributed by atoms with Crippen LogP contribution >= 0.6 is 0 Å². The summed E-state index contributed by atoms with van der Waals surface area (Å²) in [5, 5.41) is 3.34. The second kappa shape index (κ2) is 6.18. The van der Waals surface area contributed by atoms with Gasteiger partial charge in [-0.1, -0.05) is 29.8 Å². The van der Waals surface area contributed by atoms with Crippen LogP contribution in [0.15, 0.2) is 42.5 Å². The van der Waals surface area contributed by atoms with Gasteiger partial charge >= 0.3 is 0 Å². The fourth-order valence-corrected chi connectivity index (χ4v) is 2.74. The lowest BCUT2D eigenvalue weighted by molar-refractivity contribution is 0.607. The zero-order valence-corrected chi connectivity index (χ0v) is 13.3. The van der Waals surface area contributed by atoms with Crippen molar-refractivity contribution in [3.63, 3.8) is 0 Å². The predicted molar refractivity (Wildman–Crippen MR) is 88.2 cm³/mol. The van der Waals surface area contributed by atoms with Crippen LogP contribution in [0.25, 0.3) is 0 Å². The summed E-state index contributed by atoms with van der Waals surface area (Å²) in [6.07, 6.45) is 1.15. The SMILES string of the molecule is Cc1cccc(CNc2ccc(NS(C)(=O)=O)c(C)c2)c1. The minimum absolute atomic E-state index is 0.610. The molecule has 0 unspecified atom stereocenters. The van der Waals surface area contributed by atoms with Gasteiger partial charge in [-0.25, -0.2) is 8.42 Å². The Bertz CT molecular complexity index is 740. The highest BCUT2D eigenvalue weighted by atomic mass is 32.2. The zero-order chi connectivity index (χ0) is 15.5. The van der Waals surface area contributed by atoms with E-state index in [2.05, 4.69) is 35.2 Å². The molecule has 0 aliphatic heterocycles. The van der Waals surface area contributed by atoms with Crippen LogP contribution in [0.3, 0.4) is 0 Å². The highest BCUT2D eigenvalue weighted by molar-refractivity contribution is 7.92. The topological polar surface area (TPSA) is 58.2 Å². The van der Waals surface area contributed by atoms with Gasteiger partial charge in [0.15, 0.2) is 0 Å².